The topological polar surface area (TPSA) is 111 Å². The lowest BCUT2D eigenvalue weighted by Gasteiger charge is -2.32. The molecule has 1 aromatic heterocycles. The van der Waals surface area contributed by atoms with E-state index in [1.165, 1.54) is 0 Å². The molecule has 2 aliphatic rings. The maximum Gasteiger partial charge on any atom is 0.309 e. The minimum absolute atomic E-state index is 0.0373. The van der Waals surface area contributed by atoms with E-state index in [1.54, 1.807) is 29.9 Å². The summed E-state index contributed by atoms with van der Waals surface area (Å²) >= 11 is 0. The van der Waals surface area contributed by atoms with Crippen LogP contribution in [0.5, 0.6) is 5.75 Å². The third-order valence-electron chi connectivity index (χ3n) is 6.88. The maximum atomic E-state index is 13.4. The van der Waals surface area contributed by atoms with Crippen LogP contribution in [-0.4, -0.2) is 85.3 Å². The van der Waals surface area contributed by atoms with Crippen LogP contribution >= 0.6 is 0 Å². The zero-order valence-corrected chi connectivity index (χ0v) is 21.5. The molecule has 0 radical (unpaired) electrons. The normalized spacial score (nSPS) is 18.0. The van der Waals surface area contributed by atoms with Crippen LogP contribution in [0.2, 0.25) is 0 Å². The summed E-state index contributed by atoms with van der Waals surface area (Å²) in [6, 6.07) is 8.93. The number of carbonyl (C=O) groups is 3. The van der Waals surface area contributed by atoms with E-state index in [0.29, 0.717) is 57.2 Å². The van der Waals surface area contributed by atoms with Gasteiger partial charge >= 0.3 is 5.97 Å². The summed E-state index contributed by atoms with van der Waals surface area (Å²) in [7, 11) is 1.58. The minimum Gasteiger partial charge on any atom is -0.497 e. The largest absolute Gasteiger partial charge is 0.497 e. The highest BCUT2D eigenvalue weighted by atomic mass is 16.5. The molecule has 2 aliphatic heterocycles. The van der Waals surface area contributed by atoms with Crippen molar-refractivity contribution in [3.63, 3.8) is 0 Å². The van der Waals surface area contributed by atoms with Gasteiger partial charge in [-0.2, -0.15) is 0 Å². The number of amides is 2. The summed E-state index contributed by atoms with van der Waals surface area (Å²) in [5.74, 6) is 0.440. The van der Waals surface area contributed by atoms with E-state index in [1.807, 2.05) is 24.3 Å². The predicted octanol–water partition coefficient (Wildman–Crippen LogP) is 3.16. The number of ether oxygens (including phenoxy) is 3. The number of nitrogens with zero attached hydrogens (tertiary/aromatic N) is 3. The molecule has 2 amide bonds. The van der Waals surface area contributed by atoms with Gasteiger partial charge < -0.3 is 28.5 Å². The van der Waals surface area contributed by atoms with Crippen LogP contribution in [0.3, 0.4) is 0 Å². The van der Waals surface area contributed by atoms with Crippen molar-refractivity contribution in [3.05, 3.63) is 36.0 Å². The van der Waals surface area contributed by atoms with Crippen molar-refractivity contribution in [2.24, 2.45) is 5.92 Å². The van der Waals surface area contributed by atoms with Crippen molar-refractivity contribution in [3.8, 4) is 17.1 Å². The number of likely N-dealkylation sites (tertiary alicyclic amines) is 1. The molecule has 0 bridgehead atoms. The van der Waals surface area contributed by atoms with Crippen LogP contribution in [0.25, 0.3) is 11.3 Å². The van der Waals surface area contributed by atoms with E-state index in [4.69, 9.17) is 18.7 Å². The molecule has 1 unspecified atom stereocenters. The Morgan fingerprint density at radius 1 is 1.16 bits per heavy atom. The first-order chi connectivity index (χ1) is 18.0. The number of methoxy groups -OCH3 is 1. The second-order valence-electron chi connectivity index (χ2n) is 9.35. The Morgan fingerprint density at radius 3 is 2.68 bits per heavy atom. The SMILES string of the molecule is CCOC(=O)C1CCN(C(=O)CCN(CC2CCCO2)C(=O)c2cc(-c3cccc(OC)c3)on2)CC1. The van der Waals surface area contributed by atoms with E-state index < -0.39 is 0 Å². The van der Waals surface area contributed by atoms with E-state index >= 15 is 0 Å². The highest BCUT2D eigenvalue weighted by Crippen LogP contribution is 2.25. The number of hydrogen-bond donors (Lipinski definition) is 0. The van der Waals surface area contributed by atoms with Gasteiger partial charge in [-0.25, -0.2) is 0 Å². The van der Waals surface area contributed by atoms with E-state index in [9.17, 15) is 14.4 Å². The molecule has 0 spiro atoms. The molecule has 0 N–H and O–H groups in total. The Kier molecular flexibility index (Phi) is 9.16. The molecule has 3 heterocycles. The fraction of sp³-hybridized carbons (Fsp3) is 0.556. The van der Waals surface area contributed by atoms with E-state index in [-0.39, 0.29) is 48.5 Å². The van der Waals surface area contributed by atoms with Gasteiger partial charge in [0.05, 0.1) is 25.7 Å². The first-order valence-electron chi connectivity index (χ1n) is 12.9. The number of carbonyl (C=O) groups excluding carboxylic acids is 3. The molecule has 10 heteroatoms. The standard InChI is InChI=1S/C27H35N3O7/c1-3-35-27(33)19-9-12-29(13-10-19)25(31)11-14-30(18-22-8-5-15-36-22)26(32)23-17-24(37-28-23)20-6-4-7-21(16-20)34-2/h4,6-7,16-17,19,22H,3,5,8-15,18H2,1-2H3. The molecule has 0 aliphatic carbocycles. The van der Waals surface area contributed by atoms with Gasteiger partial charge in [0.1, 0.15) is 5.75 Å². The fourth-order valence-corrected chi connectivity index (χ4v) is 4.77. The van der Waals surface area contributed by atoms with Crippen LogP contribution in [-0.2, 0) is 19.1 Å². The Labute approximate surface area is 216 Å². The molecule has 37 heavy (non-hydrogen) atoms. The summed E-state index contributed by atoms with van der Waals surface area (Å²) in [5.41, 5.74) is 0.927. The first kappa shape index (κ1) is 26.7. The third kappa shape index (κ3) is 6.88. The van der Waals surface area contributed by atoms with Crippen molar-refractivity contribution < 1.29 is 33.1 Å². The predicted molar refractivity (Wildman–Crippen MR) is 134 cm³/mol. The van der Waals surface area contributed by atoms with E-state index in [0.717, 1.165) is 18.4 Å². The third-order valence-corrected chi connectivity index (χ3v) is 6.88. The van der Waals surface area contributed by atoms with Crippen molar-refractivity contribution in [1.29, 1.82) is 0 Å². The van der Waals surface area contributed by atoms with Crippen molar-refractivity contribution in [1.82, 2.24) is 15.0 Å². The van der Waals surface area contributed by atoms with Gasteiger partial charge in [-0.15, -0.1) is 0 Å². The monoisotopic (exact) mass is 513 g/mol. The molecule has 1 atom stereocenters. The molecule has 200 valence electrons. The van der Waals surface area contributed by atoms with Crippen LogP contribution in [0.4, 0.5) is 0 Å². The number of benzene rings is 1. The molecule has 0 saturated carbocycles. The average Bonchev–Trinajstić information content (AvgIpc) is 3.63. The molecule has 1 aromatic carbocycles. The van der Waals surface area contributed by atoms with Gasteiger partial charge in [0, 0.05) is 50.8 Å². The summed E-state index contributed by atoms with van der Waals surface area (Å²) in [6.07, 6.45) is 3.12. The van der Waals surface area contributed by atoms with Gasteiger partial charge in [0.25, 0.3) is 5.91 Å². The Balaban J connectivity index is 1.38. The molecule has 4 rings (SSSR count). The van der Waals surface area contributed by atoms with Crippen LogP contribution in [0, 0.1) is 5.92 Å². The Hall–Kier alpha value is -3.40. The van der Waals surface area contributed by atoms with Crippen LogP contribution in [0.15, 0.2) is 34.9 Å². The summed E-state index contributed by atoms with van der Waals surface area (Å²) in [6.45, 7) is 4.47. The lowest BCUT2D eigenvalue weighted by molar-refractivity contribution is -0.151. The lowest BCUT2D eigenvalue weighted by atomic mass is 9.97. The highest BCUT2D eigenvalue weighted by Gasteiger charge is 2.30. The smallest absolute Gasteiger partial charge is 0.309 e. The molecule has 2 saturated heterocycles. The van der Waals surface area contributed by atoms with E-state index in [2.05, 4.69) is 5.16 Å². The first-order valence-corrected chi connectivity index (χ1v) is 12.9. The maximum absolute atomic E-state index is 13.4. The van der Waals surface area contributed by atoms with Crippen LogP contribution in [0.1, 0.15) is 49.5 Å². The molecule has 2 fully saturated rings. The highest BCUT2D eigenvalue weighted by molar-refractivity contribution is 5.93. The Bertz CT molecular complexity index is 1070. The average molecular weight is 514 g/mol. The quantitative estimate of drug-likeness (QED) is 0.446. The molecular weight excluding hydrogens is 478 g/mol. The zero-order chi connectivity index (χ0) is 26.2. The van der Waals surface area contributed by atoms with Crippen molar-refractivity contribution in [2.45, 2.75) is 45.1 Å². The van der Waals surface area contributed by atoms with Gasteiger partial charge in [0.2, 0.25) is 5.91 Å². The number of esters is 1. The lowest BCUT2D eigenvalue weighted by Crippen LogP contribution is -2.43. The number of rotatable bonds is 10. The number of piperidine rings is 1. The van der Waals surface area contributed by atoms with Gasteiger partial charge in [0.15, 0.2) is 11.5 Å². The Morgan fingerprint density at radius 2 is 1.97 bits per heavy atom. The molecule has 2 aromatic rings. The zero-order valence-electron chi connectivity index (χ0n) is 21.5. The second kappa shape index (κ2) is 12.7. The van der Waals surface area contributed by atoms with Crippen molar-refractivity contribution in [2.75, 3.05) is 46.5 Å². The summed E-state index contributed by atoms with van der Waals surface area (Å²) in [5, 5.41) is 4.01. The fourth-order valence-electron chi connectivity index (χ4n) is 4.77. The van der Waals surface area contributed by atoms with Gasteiger partial charge in [-0.05, 0) is 44.7 Å². The summed E-state index contributed by atoms with van der Waals surface area (Å²) < 4.78 is 21.6. The second-order valence-corrected chi connectivity index (χ2v) is 9.35. The minimum atomic E-state index is -0.304. The van der Waals surface area contributed by atoms with Gasteiger partial charge in [-0.1, -0.05) is 17.3 Å². The number of aromatic nitrogens is 1. The summed E-state index contributed by atoms with van der Waals surface area (Å²) in [4.78, 5) is 41.7. The van der Waals surface area contributed by atoms with Gasteiger partial charge in [-0.3, -0.25) is 14.4 Å². The molecule has 10 nitrogen and oxygen atoms in total. The number of hydrogen-bond acceptors (Lipinski definition) is 8. The van der Waals surface area contributed by atoms with Crippen LogP contribution < -0.4 is 4.74 Å². The van der Waals surface area contributed by atoms with Crippen molar-refractivity contribution >= 4 is 17.8 Å². The molecular formula is C27H35N3O7.